The van der Waals surface area contributed by atoms with Crippen LogP contribution < -0.4 is 4.81 Å². The number of benzene rings is 3. The van der Waals surface area contributed by atoms with E-state index in [0.29, 0.717) is 0 Å². The van der Waals surface area contributed by atoms with Crippen LogP contribution in [-0.2, 0) is 12.8 Å². The van der Waals surface area contributed by atoms with Gasteiger partial charge in [-0.2, -0.15) is 20.5 Å². The monoisotopic (exact) mass is 435 g/mol. The Balaban J connectivity index is 1.55. The van der Waals surface area contributed by atoms with Crippen molar-refractivity contribution >= 4 is 36.4 Å². The van der Waals surface area contributed by atoms with Gasteiger partial charge in [-0.3, -0.25) is 0 Å². The molecule has 33 heavy (non-hydrogen) atoms. The summed E-state index contributed by atoms with van der Waals surface area (Å²) in [5.41, 5.74) is 11.4. The molecular weight excluding hydrogens is 405 g/mol. The molecule has 2 radical (unpaired) electrons. The van der Waals surface area contributed by atoms with E-state index in [2.05, 4.69) is 38.7 Å². The molecule has 0 unspecified atom stereocenters. The van der Waals surface area contributed by atoms with Gasteiger partial charge in [0.05, 0.1) is 22.7 Å². The number of aryl methyl sites for hydroxylation is 6. The number of nitrogens with zero attached hydrogens (tertiary/aromatic N) is 5. The number of hydrogen-bond acceptors (Lipinski definition) is 5. The summed E-state index contributed by atoms with van der Waals surface area (Å²) in [6, 6.07) is 14.5. The number of azo groups is 2. The average Bonchev–Trinajstić information content (AvgIpc) is 2.79. The van der Waals surface area contributed by atoms with Crippen LogP contribution in [0.1, 0.15) is 46.2 Å². The molecule has 0 heterocycles. The summed E-state index contributed by atoms with van der Waals surface area (Å²) in [5, 5.41) is 18.1. The van der Waals surface area contributed by atoms with Gasteiger partial charge in [0.25, 0.3) is 0 Å². The molecule has 1 aliphatic rings. The van der Waals surface area contributed by atoms with Crippen LogP contribution in [0.25, 0.3) is 0 Å². The average molecular weight is 435 g/mol. The minimum atomic E-state index is 0.831. The molecule has 5 nitrogen and oxygen atoms in total. The molecule has 0 atom stereocenters. The van der Waals surface area contributed by atoms with Gasteiger partial charge in [-0.1, -0.05) is 6.07 Å². The van der Waals surface area contributed by atoms with Gasteiger partial charge in [0.1, 0.15) is 0 Å². The van der Waals surface area contributed by atoms with E-state index in [4.69, 9.17) is 7.98 Å². The van der Waals surface area contributed by atoms with Crippen molar-refractivity contribution in [1.29, 1.82) is 0 Å². The Bertz CT molecular complexity index is 1240. The minimum absolute atomic E-state index is 0.831. The fraction of sp³-hybridized carbons (Fsp3) is 0.333. The molecule has 0 spiro atoms. The molecule has 0 bridgehead atoms. The highest BCUT2D eigenvalue weighted by Gasteiger charge is 2.10. The zero-order valence-corrected chi connectivity index (χ0v) is 20.2. The molecule has 3 aromatic rings. The number of fused-ring (bicyclic) bond motifs is 1. The van der Waals surface area contributed by atoms with E-state index in [1.165, 1.54) is 30.4 Å². The quantitative estimate of drug-likeness (QED) is 0.295. The maximum atomic E-state index is 5.90. The van der Waals surface area contributed by atoms with Crippen LogP contribution in [0.5, 0.6) is 0 Å². The third-order valence-corrected chi connectivity index (χ3v) is 6.28. The van der Waals surface area contributed by atoms with E-state index in [1.54, 1.807) is 4.81 Å². The Morgan fingerprint density at radius 1 is 0.636 bits per heavy atom. The van der Waals surface area contributed by atoms with Gasteiger partial charge in [-0.25, -0.2) is 0 Å². The van der Waals surface area contributed by atoms with E-state index in [-0.39, 0.29) is 0 Å². The van der Waals surface area contributed by atoms with Gasteiger partial charge >= 0.3 is 0 Å². The molecular formula is C27H30BN5. The Hall–Kier alpha value is -3.28. The van der Waals surface area contributed by atoms with Gasteiger partial charge in [-0.15, -0.1) is 0 Å². The Morgan fingerprint density at radius 2 is 1.15 bits per heavy atom. The molecule has 0 N–H and O–H groups in total. The molecule has 6 heteroatoms. The lowest BCUT2D eigenvalue weighted by Crippen LogP contribution is -2.12. The molecule has 0 aromatic heterocycles. The summed E-state index contributed by atoms with van der Waals surface area (Å²) in [7, 11) is 7.74. The zero-order chi connectivity index (χ0) is 23.5. The van der Waals surface area contributed by atoms with Crippen LogP contribution >= 0.6 is 0 Å². The largest absolute Gasteiger partial charge is 0.427 e. The van der Waals surface area contributed by atoms with Gasteiger partial charge < -0.3 is 4.81 Å². The molecule has 0 aliphatic heterocycles. The number of anilines is 1. The van der Waals surface area contributed by atoms with Gasteiger partial charge in [0.15, 0.2) is 0 Å². The van der Waals surface area contributed by atoms with Crippen molar-refractivity contribution in [3.05, 3.63) is 75.8 Å². The predicted octanol–water partition coefficient (Wildman–Crippen LogP) is 8.15. The fourth-order valence-electron chi connectivity index (χ4n) is 4.28. The molecule has 4 rings (SSSR count). The molecule has 166 valence electrons. The molecule has 0 fully saturated rings. The smallest absolute Gasteiger partial charge is 0.226 e. The summed E-state index contributed by atoms with van der Waals surface area (Å²) in [5.74, 6) is 0. The van der Waals surface area contributed by atoms with Crippen molar-refractivity contribution in [2.45, 2.75) is 53.4 Å². The van der Waals surface area contributed by atoms with Crippen LogP contribution in [0.3, 0.4) is 0 Å². The van der Waals surface area contributed by atoms with Crippen LogP contribution in [0.4, 0.5) is 28.4 Å². The first-order valence-electron chi connectivity index (χ1n) is 11.5. The van der Waals surface area contributed by atoms with E-state index >= 15 is 0 Å². The van der Waals surface area contributed by atoms with Crippen molar-refractivity contribution in [3.63, 3.8) is 0 Å². The molecule has 1 aliphatic carbocycles. The van der Waals surface area contributed by atoms with Crippen LogP contribution in [0, 0.1) is 27.7 Å². The lowest BCUT2D eigenvalue weighted by molar-refractivity contribution is 0.685. The van der Waals surface area contributed by atoms with Gasteiger partial charge in [0, 0.05) is 5.69 Å². The van der Waals surface area contributed by atoms with E-state index < -0.39 is 0 Å². The van der Waals surface area contributed by atoms with Crippen molar-refractivity contribution < 1.29 is 0 Å². The topological polar surface area (TPSA) is 52.7 Å². The molecule has 0 saturated carbocycles. The maximum absolute atomic E-state index is 5.90. The van der Waals surface area contributed by atoms with Crippen molar-refractivity contribution in [1.82, 2.24) is 0 Å². The van der Waals surface area contributed by atoms with Crippen molar-refractivity contribution in [2.24, 2.45) is 20.5 Å². The second-order valence-electron chi connectivity index (χ2n) is 9.02. The first kappa shape index (κ1) is 22.9. The van der Waals surface area contributed by atoms with Gasteiger partial charge in [0.2, 0.25) is 7.98 Å². The van der Waals surface area contributed by atoms with Crippen molar-refractivity contribution in [2.75, 3.05) is 11.9 Å². The SMILES string of the molecule is [B]N(C)c1cc(C)c(N=Nc2cc(C)c(N=Nc3ccc4c(c3)CCCC4)cc2C)cc1C. The van der Waals surface area contributed by atoms with E-state index in [1.807, 2.05) is 59.0 Å². The Morgan fingerprint density at radius 3 is 1.76 bits per heavy atom. The standard InChI is InChI=1S/C27H30BN5/c1-17-13-25(31-32-26-14-20(4)27(33(5)28)15-19(26)3)18(2)12-24(17)30-29-23-11-10-21-8-6-7-9-22(21)16-23/h10-16H,6-9H2,1-5H3. The second kappa shape index (κ2) is 9.69. The minimum Gasteiger partial charge on any atom is -0.427 e. The third kappa shape index (κ3) is 5.21. The Labute approximate surface area is 198 Å². The number of rotatable bonds is 5. The summed E-state index contributed by atoms with van der Waals surface area (Å²) in [6.45, 7) is 8.09. The fourth-order valence-corrected chi connectivity index (χ4v) is 4.28. The normalized spacial score (nSPS) is 13.6. The summed E-state index contributed by atoms with van der Waals surface area (Å²) < 4.78 is 0. The summed E-state index contributed by atoms with van der Waals surface area (Å²) in [6.07, 6.45) is 4.86. The third-order valence-electron chi connectivity index (χ3n) is 6.28. The molecule has 0 amide bonds. The van der Waals surface area contributed by atoms with E-state index in [9.17, 15) is 0 Å². The highest BCUT2D eigenvalue weighted by atomic mass is 15.1. The molecule has 3 aromatic carbocycles. The van der Waals surface area contributed by atoms with Crippen LogP contribution in [0.15, 0.2) is 62.9 Å². The maximum Gasteiger partial charge on any atom is 0.226 e. The first-order chi connectivity index (χ1) is 15.8. The summed E-state index contributed by atoms with van der Waals surface area (Å²) in [4.78, 5) is 1.62. The van der Waals surface area contributed by atoms with Crippen LogP contribution in [0.2, 0.25) is 0 Å². The summed E-state index contributed by atoms with van der Waals surface area (Å²) >= 11 is 0. The molecule has 0 saturated heterocycles. The highest BCUT2D eigenvalue weighted by Crippen LogP contribution is 2.33. The van der Waals surface area contributed by atoms with Gasteiger partial charge in [-0.05, 0) is 130 Å². The Kier molecular flexibility index (Phi) is 6.73. The highest BCUT2D eigenvalue weighted by molar-refractivity contribution is 6.17. The van der Waals surface area contributed by atoms with Crippen molar-refractivity contribution in [3.8, 4) is 0 Å². The first-order valence-corrected chi connectivity index (χ1v) is 11.5. The zero-order valence-electron chi connectivity index (χ0n) is 20.2. The number of hydrogen-bond donors (Lipinski definition) is 0. The lowest BCUT2D eigenvalue weighted by Gasteiger charge is -2.17. The second-order valence-corrected chi connectivity index (χ2v) is 9.02. The lowest BCUT2D eigenvalue weighted by atomic mass is 9.91. The van der Waals surface area contributed by atoms with Crippen LogP contribution in [-0.4, -0.2) is 15.0 Å². The predicted molar refractivity (Wildman–Crippen MR) is 137 cm³/mol. The van der Waals surface area contributed by atoms with E-state index in [0.717, 1.165) is 57.1 Å².